The molecule has 0 saturated heterocycles. The highest BCUT2D eigenvalue weighted by molar-refractivity contribution is 6.05. The van der Waals surface area contributed by atoms with Crippen molar-refractivity contribution in [2.45, 2.75) is 13.8 Å². The van der Waals surface area contributed by atoms with Crippen molar-refractivity contribution in [3.05, 3.63) is 53.6 Å². The Hall–Kier alpha value is -3.55. The van der Waals surface area contributed by atoms with Gasteiger partial charge in [0.1, 0.15) is 0 Å². The first-order chi connectivity index (χ1) is 13.9. The largest absolute Gasteiger partial charge is 0.493 e. The van der Waals surface area contributed by atoms with E-state index in [0.29, 0.717) is 41.4 Å². The van der Waals surface area contributed by atoms with Crippen LogP contribution in [0.4, 0.5) is 5.69 Å². The average Bonchev–Trinajstić information content (AvgIpc) is 2.73. The lowest BCUT2D eigenvalue weighted by Crippen LogP contribution is -2.30. The molecule has 29 heavy (non-hydrogen) atoms. The van der Waals surface area contributed by atoms with Gasteiger partial charge in [0.25, 0.3) is 17.7 Å². The quantitative estimate of drug-likeness (QED) is 0.672. The third-order valence-corrected chi connectivity index (χ3v) is 4.21. The minimum Gasteiger partial charge on any atom is -0.493 e. The van der Waals surface area contributed by atoms with E-state index in [9.17, 15) is 14.4 Å². The van der Waals surface area contributed by atoms with Crippen molar-refractivity contribution in [1.82, 2.24) is 4.90 Å². The first-order valence-electron chi connectivity index (χ1n) is 9.19. The number of carbonyl (C=O) groups is 3. The van der Waals surface area contributed by atoms with Crippen LogP contribution in [0.2, 0.25) is 0 Å². The Balaban J connectivity index is 2.17. The summed E-state index contributed by atoms with van der Waals surface area (Å²) in [6, 6.07) is 11.3. The van der Waals surface area contributed by atoms with Crippen molar-refractivity contribution in [3.63, 3.8) is 0 Å². The van der Waals surface area contributed by atoms with E-state index in [2.05, 4.69) is 5.32 Å². The highest BCUT2D eigenvalue weighted by atomic mass is 16.5. The van der Waals surface area contributed by atoms with Crippen LogP contribution in [-0.4, -0.2) is 49.4 Å². The highest BCUT2D eigenvalue weighted by Crippen LogP contribution is 2.28. The zero-order valence-electron chi connectivity index (χ0n) is 16.7. The Morgan fingerprint density at radius 3 is 2.34 bits per heavy atom. The third-order valence-electron chi connectivity index (χ3n) is 4.21. The minimum atomic E-state index is -0.618. The zero-order chi connectivity index (χ0) is 21.4. The Morgan fingerprint density at radius 2 is 1.72 bits per heavy atom. The van der Waals surface area contributed by atoms with Gasteiger partial charge >= 0.3 is 0 Å². The molecule has 0 heterocycles. The fourth-order valence-electron chi connectivity index (χ4n) is 2.70. The van der Waals surface area contributed by atoms with Crippen LogP contribution in [0.1, 0.15) is 34.6 Å². The first-order valence-corrected chi connectivity index (χ1v) is 9.19. The van der Waals surface area contributed by atoms with E-state index < -0.39 is 5.91 Å². The second-order valence-corrected chi connectivity index (χ2v) is 6.13. The molecule has 3 N–H and O–H groups in total. The standard InChI is InChI=1S/C21H25N3O5/c1-4-24(5-2)21(27)15-7-6-8-16(11-15)23-20(26)14-9-10-17(18(12-14)28-3)29-13-19(22)25/h6-12H,4-5,13H2,1-3H3,(H2,22,25)(H,23,26). The number of benzene rings is 2. The maximum absolute atomic E-state index is 12.6. The number of nitrogens with one attached hydrogen (secondary N) is 1. The summed E-state index contributed by atoms with van der Waals surface area (Å²) in [4.78, 5) is 37.7. The molecule has 0 radical (unpaired) electrons. The van der Waals surface area contributed by atoms with Crippen LogP contribution in [-0.2, 0) is 4.79 Å². The van der Waals surface area contributed by atoms with Crippen LogP contribution < -0.4 is 20.5 Å². The Bertz CT molecular complexity index is 894. The molecule has 0 saturated carbocycles. The monoisotopic (exact) mass is 399 g/mol. The summed E-state index contributed by atoms with van der Waals surface area (Å²) in [5.74, 6) is -0.493. The lowest BCUT2D eigenvalue weighted by molar-refractivity contribution is -0.119. The number of carbonyl (C=O) groups excluding carboxylic acids is 3. The predicted octanol–water partition coefficient (Wildman–Crippen LogP) is 2.29. The zero-order valence-corrected chi connectivity index (χ0v) is 16.7. The van der Waals surface area contributed by atoms with Gasteiger partial charge in [0.2, 0.25) is 0 Å². The second kappa shape index (κ2) is 10.1. The number of nitrogens with zero attached hydrogens (tertiary/aromatic N) is 1. The maximum atomic E-state index is 12.6. The maximum Gasteiger partial charge on any atom is 0.255 e. The number of amides is 3. The van der Waals surface area contributed by atoms with Gasteiger partial charge in [-0.1, -0.05) is 6.07 Å². The molecule has 0 aliphatic carbocycles. The Labute approximate surface area is 169 Å². The van der Waals surface area contributed by atoms with Gasteiger partial charge < -0.3 is 25.4 Å². The summed E-state index contributed by atoms with van der Waals surface area (Å²) in [6.07, 6.45) is 0. The van der Waals surface area contributed by atoms with Crippen molar-refractivity contribution >= 4 is 23.4 Å². The molecule has 0 spiro atoms. The summed E-state index contributed by atoms with van der Waals surface area (Å²) in [7, 11) is 1.43. The lowest BCUT2D eigenvalue weighted by atomic mass is 10.1. The Morgan fingerprint density at radius 1 is 1.00 bits per heavy atom. The number of ether oxygens (including phenoxy) is 2. The number of rotatable bonds is 9. The number of primary amides is 1. The molecule has 0 atom stereocenters. The van der Waals surface area contributed by atoms with Crippen LogP contribution >= 0.6 is 0 Å². The fourth-order valence-corrected chi connectivity index (χ4v) is 2.70. The molecule has 2 rings (SSSR count). The summed E-state index contributed by atoms with van der Waals surface area (Å²) in [5.41, 5.74) is 6.40. The lowest BCUT2D eigenvalue weighted by Gasteiger charge is -2.19. The average molecular weight is 399 g/mol. The predicted molar refractivity (Wildman–Crippen MR) is 109 cm³/mol. The molecule has 0 aromatic heterocycles. The van der Waals surface area contributed by atoms with Crippen LogP contribution in [0.5, 0.6) is 11.5 Å². The minimum absolute atomic E-state index is 0.0938. The van der Waals surface area contributed by atoms with E-state index in [1.54, 1.807) is 35.2 Å². The van der Waals surface area contributed by atoms with Gasteiger partial charge in [-0.25, -0.2) is 0 Å². The van der Waals surface area contributed by atoms with Crippen molar-refractivity contribution in [2.24, 2.45) is 5.73 Å². The van der Waals surface area contributed by atoms with Gasteiger partial charge in [-0.15, -0.1) is 0 Å². The molecule has 2 aromatic carbocycles. The molecule has 154 valence electrons. The molecule has 0 bridgehead atoms. The van der Waals surface area contributed by atoms with Gasteiger partial charge in [-0.2, -0.15) is 0 Å². The molecule has 8 nitrogen and oxygen atoms in total. The smallest absolute Gasteiger partial charge is 0.255 e. The van der Waals surface area contributed by atoms with E-state index in [-0.39, 0.29) is 18.4 Å². The number of methoxy groups -OCH3 is 1. The van der Waals surface area contributed by atoms with E-state index in [4.69, 9.17) is 15.2 Å². The van der Waals surface area contributed by atoms with Crippen LogP contribution in [0.3, 0.4) is 0 Å². The number of anilines is 1. The number of hydrogen-bond acceptors (Lipinski definition) is 5. The molecule has 3 amide bonds. The first kappa shape index (κ1) is 21.7. The highest BCUT2D eigenvalue weighted by Gasteiger charge is 2.15. The van der Waals surface area contributed by atoms with E-state index in [1.165, 1.54) is 19.2 Å². The normalized spacial score (nSPS) is 10.2. The molecule has 2 aromatic rings. The van der Waals surface area contributed by atoms with Crippen LogP contribution in [0, 0.1) is 0 Å². The van der Waals surface area contributed by atoms with Crippen molar-refractivity contribution in [2.75, 3.05) is 32.1 Å². The second-order valence-electron chi connectivity index (χ2n) is 6.13. The summed E-state index contributed by atoms with van der Waals surface area (Å²) < 4.78 is 10.5. The van der Waals surface area contributed by atoms with Crippen LogP contribution in [0.25, 0.3) is 0 Å². The molecular weight excluding hydrogens is 374 g/mol. The molecule has 0 fully saturated rings. The van der Waals surface area contributed by atoms with Crippen molar-refractivity contribution in [3.8, 4) is 11.5 Å². The van der Waals surface area contributed by atoms with Gasteiger partial charge in [0.15, 0.2) is 18.1 Å². The molecule has 0 aliphatic rings. The SMILES string of the molecule is CCN(CC)C(=O)c1cccc(NC(=O)c2ccc(OCC(N)=O)c(OC)c2)c1. The third kappa shape index (κ3) is 5.71. The van der Waals surface area contributed by atoms with E-state index in [0.717, 1.165) is 0 Å². The number of nitrogens with two attached hydrogens (primary N) is 1. The van der Waals surface area contributed by atoms with Gasteiger partial charge in [0, 0.05) is 29.9 Å². The molecule has 0 unspecified atom stereocenters. The summed E-state index contributed by atoms with van der Waals surface area (Å²) in [5, 5.41) is 2.77. The van der Waals surface area contributed by atoms with Crippen LogP contribution in [0.15, 0.2) is 42.5 Å². The summed E-state index contributed by atoms with van der Waals surface area (Å²) >= 11 is 0. The molecule has 0 aliphatic heterocycles. The number of hydrogen-bond donors (Lipinski definition) is 2. The molecular formula is C21H25N3O5. The topological polar surface area (TPSA) is 111 Å². The van der Waals surface area contributed by atoms with Crippen molar-refractivity contribution < 1.29 is 23.9 Å². The van der Waals surface area contributed by atoms with Crippen molar-refractivity contribution in [1.29, 1.82) is 0 Å². The fraction of sp³-hybridized carbons (Fsp3) is 0.286. The molecule has 8 heteroatoms. The van der Waals surface area contributed by atoms with E-state index in [1.807, 2.05) is 13.8 Å². The van der Waals surface area contributed by atoms with Gasteiger partial charge in [-0.05, 0) is 50.2 Å². The van der Waals surface area contributed by atoms with E-state index >= 15 is 0 Å². The van der Waals surface area contributed by atoms with Gasteiger partial charge in [0.05, 0.1) is 7.11 Å². The van der Waals surface area contributed by atoms with Gasteiger partial charge in [-0.3, -0.25) is 14.4 Å². The summed E-state index contributed by atoms with van der Waals surface area (Å²) in [6.45, 7) is 4.75. The Kier molecular flexibility index (Phi) is 7.59.